The second-order valence-corrected chi connectivity index (χ2v) is 6.12. The Morgan fingerprint density at radius 2 is 1.69 bits per heavy atom. The van der Waals surface area contributed by atoms with E-state index in [0.717, 1.165) is 24.3 Å². The molecule has 1 aliphatic heterocycles. The van der Waals surface area contributed by atoms with Crippen molar-refractivity contribution in [2.24, 2.45) is 11.7 Å². The van der Waals surface area contributed by atoms with Crippen LogP contribution in [-0.2, 0) is 20.5 Å². The van der Waals surface area contributed by atoms with E-state index in [9.17, 15) is 27.6 Å². The molecule has 0 aromatic heterocycles. The SMILES string of the molecule is C[C@H](OC(=O)C1CCN(C(=O)c2ccc(C(F)(F)F)cc2)CC1)C(N)=O. The van der Waals surface area contributed by atoms with Gasteiger partial charge in [-0.2, -0.15) is 13.2 Å². The molecular formula is C17H19F3N2O4. The van der Waals surface area contributed by atoms with Crippen LogP contribution in [0.5, 0.6) is 0 Å². The number of alkyl halides is 3. The highest BCUT2D eigenvalue weighted by molar-refractivity contribution is 5.94. The van der Waals surface area contributed by atoms with Crippen molar-refractivity contribution in [1.82, 2.24) is 4.90 Å². The third-order valence-electron chi connectivity index (χ3n) is 4.27. The summed E-state index contributed by atoms with van der Waals surface area (Å²) >= 11 is 0. The van der Waals surface area contributed by atoms with E-state index in [-0.39, 0.29) is 18.7 Å². The lowest BCUT2D eigenvalue weighted by Gasteiger charge is -2.31. The predicted molar refractivity (Wildman–Crippen MR) is 84.8 cm³/mol. The normalized spacial score (nSPS) is 16.8. The van der Waals surface area contributed by atoms with Crippen molar-refractivity contribution in [2.45, 2.75) is 32.0 Å². The van der Waals surface area contributed by atoms with Gasteiger partial charge in [-0.25, -0.2) is 0 Å². The summed E-state index contributed by atoms with van der Waals surface area (Å²) in [5.41, 5.74) is 4.37. The molecule has 0 unspecified atom stereocenters. The third kappa shape index (κ3) is 4.74. The van der Waals surface area contributed by atoms with E-state index in [4.69, 9.17) is 10.5 Å². The van der Waals surface area contributed by atoms with Gasteiger partial charge in [0.25, 0.3) is 11.8 Å². The van der Waals surface area contributed by atoms with Crippen LogP contribution in [0.2, 0.25) is 0 Å². The number of benzene rings is 1. The molecule has 1 atom stereocenters. The van der Waals surface area contributed by atoms with Crippen LogP contribution < -0.4 is 5.73 Å². The first kappa shape index (κ1) is 19.7. The summed E-state index contributed by atoms with van der Waals surface area (Å²) in [5, 5.41) is 0. The predicted octanol–water partition coefficient (Wildman–Crippen LogP) is 1.97. The number of rotatable bonds is 4. The van der Waals surface area contributed by atoms with Crippen LogP contribution in [0.1, 0.15) is 35.7 Å². The van der Waals surface area contributed by atoms with Crippen LogP contribution in [-0.4, -0.2) is 41.9 Å². The van der Waals surface area contributed by atoms with Crippen molar-refractivity contribution in [3.63, 3.8) is 0 Å². The van der Waals surface area contributed by atoms with Gasteiger partial charge in [-0.15, -0.1) is 0 Å². The van der Waals surface area contributed by atoms with Gasteiger partial charge in [0.2, 0.25) is 0 Å². The van der Waals surface area contributed by atoms with Crippen molar-refractivity contribution in [3.05, 3.63) is 35.4 Å². The van der Waals surface area contributed by atoms with Gasteiger partial charge in [-0.05, 0) is 44.0 Å². The first-order valence-electron chi connectivity index (χ1n) is 8.06. The molecule has 142 valence electrons. The standard InChI is InChI=1S/C17H19F3N2O4/c1-10(14(21)23)26-16(25)12-6-8-22(9-7-12)15(24)11-2-4-13(5-3-11)17(18,19)20/h2-5,10,12H,6-9H2,1H3,(H2,21,23)/t10-/m0/s1. The Balaban J connectivity index is 1.92. The van der Waals surface area contributed by atoms with Gasteiger partial charge in [-0.1, -0.05) is 0 Å². The summed E-state index contributed by atoms with van der Waals surface area (Å²) in [7, 11) is 0. The zero-order valence-corrected chi connectivity index (χ0v) is 14.1. The average molecular weight is 372 g/mol. The van der Waals surface area contributed by atoms with Crippen molar-refractivity contribution in [3.8, 4) is 0 Å². The Morgan fingerprint density at radius 1 is 1.15 bits per heavy atom. The first-order valence-corrected chi connectivity index (χ1v) is 8.06. The molecule has 0 spiro atoms. The molecule has 1 aromatic carbocycles. The number of esters is 1. The van der Waals surface area contributed by atoms with Gasteiger partial charge in [0.1, 0.15) is 0 Å². The molecular weight excluding hydrogens is 353 g/mol. The number of halogens is 3. The first-order chi connectivity index (χ1) is 12.1. The fraction of sp³-hybridized carbons (Fsp3) is 0.471. The van der Waals surface area contributed by atoms with E-state index in [1.807, 2.05) is 0 Å². The molecule has 2 amide bonds. The topological polar surface area (TPSA) is 89.7 Å². The molecule has 1 aliphatic rings. The van der Waals surface area contributed by atoms with Gasteiger partial charge >= 0.3 is 12.1 Å². The number of likely N-dealkylation sites (tertiary alicyclic amines) is 1. The number of carbonyl (C=O) groups excluding carboxylic acids is 3. The molecule has 0 radical (unpaired) electrons. The van der Waals surface area contributed by atoms with Crippen molar-refractivity contribution in [2.75, 3.05) is 13.1 Å². The van der Waals surface area contributed by atoms with Gasteiger partial charge in [-0.3, -0.25) is 14.4 Å². The quantitative estimate of drug-likeness (QED) is 0.819. The largest absolute Gasteiger partial charge is 0.452 e. The molecule has 1 heterocycles. The summed E-state index contributed by atoms with van der Waals surface area (Å²) in [6.07, 6.45) is -4.79. The van der Waals surface area contributed by atoms with E-state index in [1.54, 1.807) is 0 Å². The highest BCUT2D eigenvalue weighted by Gasteiger charge is 2.32. The summed E-state index contributed by atoms with van der Waals surface area (Å²) in [4.78, 5) is 36.7. The highest BCUT2D eigenvalue weighted by Crippen LogP contribution is 2.29. The summed E-state index contributed by atoms with van der Waals surface area (Å²) in [6.45, 7) is 1.92. The van der Waals surface area contributed by atoms with Crippen LogP contribution in [0.15, 0.2) is 24.3 Å². The molecule has 6 nitrogen and oxygen atoms in total. The second-order valence-electron chi connectivity index (χ2n) is 6.12. The van der Waals surface area contributed by atoms with E-state index in [1.165, 1.54) is 11.8 Å². The smallest absolute Gasteiger partial charge is 0.416 e. The summed E-state index contributed by atoms with van der Waals surface area (Å²) in [5.74, 6) is -2.13. The molecule has 26 heavy (non-hydrogen) atoms. The number of hydrogen-bond acceptors (Lipinski definition) is 4. The fourth-order valence-electron chi connectivity index (χ4n) is 2.63. The number of carbonyl (C=O) groups is 3. The molecule has 2 rings (SSSR count). The molecule has 2 N–H and O–H groups in total. The lowest BCUT2D eigenvalue weighted by Crippen LogP contribution is -2.42. The van der Waals surface area contributed by atoms with Crippen LogP contribution in [0, 0.1) is 5.92 Å². The number of nitrogens with zero attached hydrogens (tertiary/aromatic N) is 1. The Kier molecular flexibility index (Phi) is 5.89. The minimum atomic E-state index is -4.46. The molecule has 0 aliphatic carbocycles. The summed E-state index contributed by atoms with van der Waals surface area (Å²) in [6, 6.07) is 4.01. The minimum absolute atomic E-state index is 0.154. The van der Waals surface area contributed by atoms with Crippen molar-refractivity contribution < 1.29 is 32.3 Å². The number of ether oxygens (including phenoxy) is 1. The van der Waals surface area contributed by atoms with E-state index in [2.05, 4.69) is 0 Å². The maximum atomic E-state index is 12.6. The average Bonchev–Trinajstić information content (AvgIpc) is 2.60. The maximum Gasteiger partial charge on any atom is 0.416 e. The Hall–Kier alpha value is -2.58. The van der Waals surface area contributed by atoms with E-state index >= 15 is 0 Å². The lowest BCUT2D eigenvalue weighted by molar-refractivity contribution is -0.159. The number of primary amides is 1. The van der Waals surface area contributed by atoms with Crippen molar-refractivity contribution >= 4 is 17.8 Å². The van der Waals surface area contributed by atoms with Gasteiger partial charge in [0.05, 0.1) is 11.5 Å². The zero-order valence-electron chi connectivity index (χ0n) is 14.1. The molecule has 0 saturated carbocycles. The van der Waals surface area contributed by atoms with Gasteiger partial charge in [0, 0.05) is 18.7 Å². The number of hydrogen-bond donors (Lipinski definition) is 1. The van der Waals surface area contributed by atoms with Crippen molar-refractivity contribution in [1.29, 1.82) is 0 Å². The van der Waals surface area contributed by atoms with Gasteiger partial charge < -0.3 is 15.4 Å². The third-order valence-corrected chi connectivity index (χ3v) is 4.27. The second kappa shape index (κ2) is 7.76. The minimum Gasteiger partial charge on any atom is -0.452 e. The molecule has 1 aromatic rings. The lowest BCUT2D eigenvalue weighted by atomic mass is 9.96. The molecule has 0 bridgehead atoms. The maximum absolute atomic E-state index is 12.6. The van der Waals surface area contributed by atoms with Crippen LogP contribution >= 0.6 is 0 Å². The Labute approximate surface area is 148 Å². The van der Waals surface area contributed by atoms with Crippen LogP contribution in [0.4, 0.5) is 13.2 Å². The fourth-order valence-corrected chi connectivity index (χ4v) is 2.63. The Morgan fingerprint density at radius 3 is 2.15 bits per heavy atom. The number of nitrogens with two attached hydrogens (primary N) is 1. The zero-order chi connectivity index (χ0) is 19.5. The van der Waals surface area contributed by atoms with E-state index < -0.39 is 41.5 Å². The summed E-state index contributed by atoms with van der Waals surface area (Å²) < 4.78 is 42.7. The number of amides is 2. The van der Waals surface area contributed by atoms with Gasteiger partial charge in [0.15, 0.2) is 6.10 Å². The molecule has 1 fully saturated rings. The van der Waals surface area contributed by atoms with Crippen LogP contribution in [0.3, 0.4) is 0 Å². The molecule has 1 saturated heterocycles. The Bertz CT molecular complexity index is 680. The van der Waals surface area contributed by atoms with E-state index in [0.29, 0.717) is 12.8 Å². The molecule has 9 heteroatoms. The highest BCUT2D eigenvalue weighted by atomic mass is 19.4. The van der Waals surface area contributed by atoms with Crippen LogP contribution in [0.25, 0.3) is 0 Å². The number of piperidine rings is 1. The monoisotopic (exact) mass is 372 g/mol.